The van der Waals surface area contributed by atoms with Gasteiger partial charge in [0.15, 0.2) is 5.75 Å². The van der Waals surface area contributed by atoms with Gasteiger partial charge in [-0.1, -0.05) is 6.07 Å². The molecule has 1 atom stereocenters. The second-order valence-corrected chi connectivity index (χ2v) is 5.31. The van der Waals surface area contributed by atoms with Gasteiger partial charge in [-0.05, 0) is 24.5 Å². The highest BCUT2D eigenvalue weighted by Crippen LogP contribution is 2.19. The summed E-state index contributed by atoms with van der Waals surface area (Å²) in [6.45, 7) is 2.36. The van der Waals surface area contributed by atoms with Crippen LogP contribution >= 0.6 is 0 Å². The van der Waals surface area contributed by atoms with Gasteiger partial charge < -0.3 is 14.4 Å². The van der Waals surface area contributed by atoms with Gasteiger partial charge in [-0.15, -0.1) is 0 Å². The van der Waals surface area contributed by atoms with Crippen LogP contribution in [0, 0.1) is 0 Å². The van der Waals surface area contributed by atoms with E-state index in [-0.39, 0.29) is 6.10 Å². The van der Waals surface area contributed by atoms with Crippen LogP contribution in [0.4, 0.5) is 5.95 Å². The molecule has 3 rings (SSSR count). The largest absolute Gasteiger partial charge is 0.494 e. The Morgan fingerprint density at radius 3 is 2.86 bits per heavy atom. The van der Waals surface area contributed by atoms with Gasteiger partial charge in [0, 0.05) is 25.5 Å². The smallest absolute Gasteiger partial charge is 0.225 e. The third-order valence-corrected chi connectivity index (χ3v) is 3.72. The molecule has 22 heavy (non-hydrogen) atoms. The van der Waals surface area contributed by atoms with Gasteiger partial charge in [-0.2, -0.15) is 0 Å². The van der Waals surface area contributed by atoms with E-state index in [2.05, 4.69) is 19.9 Å². The third kappa shape index (κ3) is 3.71. The summed E-state index contributed by atoms with van der Waals surface area (Å²) in [5.41, 5.74) is 1.10. The number of hydrogen-bond acceptors (Lipinski definition) is 6. The molecule has 116 valence electrons. The number of hydrogen-bond donors (Lipinski definition) is 0. The zero-order valence-electron chi connectivity index (χ0n) is 12.7. The zero-order valence-corrected chi connectivity index (χ0v) is 12.7. The molecule has 1 fully saturated rings. The average molecular weight is 300 g/mol. The van der Waals surface area contributed by atoms with Gasteiger partial charge in [-0.25, -0.2) is 9.97 Å². The maximum atomic E-state index is 6.00. The lowest BCUT2D eigenvalue weighted by molar-refractivity contribution is 0.0311. The summed E-state index contributed by atoms with van der Waals surface area (Å²) in [5, 5.41) is 0. The minimum absolute atomic E-state index is 0.194. The Morgan fingerprint density at radius 1 is 1.27 bits per heavy atom. The maximum absolute atomic E-state index is 6.00. The first kappa shape index (κ1) is 14.7. The van der Waals surface area contributed by atoms with Crippen molar-refractivity contribution in [2.45, 2.75) is 25.6 Å². The lowest BCUT2D eigenvalue weighted by atomic mass is 10.1. The van der Waals surface area contributed by atoms with Crippen LogP contribution in [0.1, 0.15) is 18.4 Å². The molecule has 0 spiro atoms. The summed E-state index contributed by atoms with van der Waals surface area (Å²) in [6, 6.07) is 3.96. The van der Waals surface area contributed by atoms with Gasteiger partial charge in [0.05, 0.1) is 32.2 Å². The Balaban J connectivity index is 1.56. The SMILES string of the molecule is COc1cnc(N2CCC[C@@H](OCc3cccnc3)C2)nc1. The fourth-order valence-electron chi connectivity index (χ4n) is 2.53. The van der Waals surface area contributed by atoms with Crippen molar-refractivity contribution in [2.24, 2.45) is 0 Å². The van der Waals surface area contributed by atoms with E-state index >= 15 is 0 Å². The highest BCUT2D eigenvalue weighted by molar-refractivity contribution is 5.32. The quantitative estimate of drug-likeness (QED) is 0.842. The number of aromatic nitrogens is 3. The van der Waals surface area contributed by atoms with Gasteiger partial charge in [-0.3, -0.25) is 4.98 Å². The minimum atomic E-state index is 0.194. The highest BCUT2D eigenvalue weighted by Gasteiger charge is 2.22. The third-order valence-electron chi connectivity index (χ3n) is 3.72. The van der Waals surface area contributed by atoms with Crippen LogP contribution in [0.2, 0.25) is 0 Å². The number of anilines is 1. The molecule has 2 aromatic rings. The number of rotatable bonds is 5. The molecule has 0 bridgehead atoms. The summed E-state index contributed by atoms with van der Waals surface area (Å²) >= 11 is 0. The van der Waals surface area contributed by atoms with E-state index in [1.807, 2.05) is 18.3 Å². The Hall–Kier alpha value is -2.21. The van der Waals surface area contributed by atoms with Crippen molar-refractivity contribution in [2.75, 3.05) is 25.1 Å². The molecule has 0 saturated carbocycles. The van der Waals surface area contributed by atoms with Gasteiger partial charge >= 0.3 is 0 Å². The molecule has 0 radical (unpaired) electrons. The first-order valence-corrected chi connectivity index (χ1v) is 7.46. The van der Waals surface area contributed by atoms with Crippen LogP contribution in [-0.4, -0.2) is 41.3 Å². The van der Waals surface area contributed by atoms with E-state index in [4.69, 9.17) is 9.47 Å². The van der Waals surface area contributed by atoms with Crippen molar-refractivity contribution < 1.29 is 9.47 Å². The molecular weight excluding hydrogens is 280 g/mol. The second-order valence-electron chi connectivity index (χ2n) is 5.31. The predicted molar refractivity (Wildman–Crippen MR) is 82.8 cm³/mol. The Morgan fingerprint density at radius 2 is 2.14 bits per heavy atom. The molecule has 1 aliphatic heterocycles. The van der Waals surface area contributed by atoms with Crippen LogP contribution in [-0.2, 0) is 11.3 Å². The molecule has 2 aromatic heterocycles. The summed E-state index contributed by atoms with van der Waals surface area (Å²) < 4.78 is 11.1. The van der Waals surface area contributed by atoms with Gasteiger partial charge in [0.2, 0.25) is 5.95 Å². The molecule has 0 unspecified atom stereocenters. The molecular formula is C16H20N4O2. The van der Waals surface area contributed by atoms with Crippen molar-refractivity contribution >= 4 is 5.95 Å². The standard InChI is InChI=1S/C16H20N4O2/c1-21-15-9-18-16(19-10-15)20-7-3-5-14(11-20)22-12-13-4-2-6-17-8-13/h2,4,6,8-10,14H,3,5,7,11-12H2,1H3/t14-/m1/s1. The molecule has 0 amide bonds. The van der Waals surface area contributed by atoms with E-state index in [1.54, 1.807) is 25.7 Å². The molecule has 1 aliphatic rings. The topological polar surface area (TPSA) is 60.4 Å². The lowest BCUT2D eigenvalue weighted by Crippen LogP contribution is -2.40. The molecule has 0 N–H and O–H groups in total. The minimum Gasteiger partial charge on any atom is -0.494 e. The summed E-state index contributed by atoms with van der Waals surface area (Å²) in [4.78, 5) is 15.0. The molecule has 0 aliphatic carbocycles. The van der Waals surface area contributed by atoms with Crippen molar-refractivity contribution in [3.05, 3.63) is 42.5 Å². The number of ether oxygens (including phenoxy) is 2. The van der Waals surface area contributed by atoms with Gasteiger partial charge in [0.25, 0.3) is 0 Å². The number of methoxy groups -OCH3 is 1. The first-order chi connectivity index (χ1) is 10.8. The van der Waals surface area contributed by atoms with Crippen LogP contribution in [0.25, 0.3) is 0 Å². The monoisotopic (exact) mass is 300 g/mol. The van der Waals surface area contributed by atoms with Crippen LogP contribution in [0.15, 0.2) is 36.9 Å². The van der Waals surface area contributed by atoms with Gasteiger partial charge in [0.1, 0.15) is 0 Å². The van der Waals surface area contributed by atoms with Crippen LogP contribution < -0.4 is 9.64 Å². The molecule has 1 saturated heterocycles. The number of nitrogens with zero attached hydrogens (tertiary/aromatic N) is 4. The van der Waals surface area contributed by atoms with Crippen molar-refractivity contribution in [3.8, 4) is 5.75 Å². The van der Waals surface area contributed by atoms with E-state index in [1.165, 1.54) is 0 Å². The summed E-state index contributed by atoms with van der Waals surface area (Å²) in [6.07, 6.45) is 9.34. The summed E-state index contributed by atoms with van der Waals surface area (Å²) in [5.74, 6) is 1.40. The molecule has 6 heteroatoms. The van der Waals surface area contributed by atoms with E-state index < -0.39 is 0 Å². The average Bonchev–Trinajstić information content (AvgIpc) is 2.61. The first-order valence-electron chi connectivity index (χ1n) is 7.46. The predicted octanol–water partition coefficient (Wildman–Crippen LogP) is 2.07. The molecule has 6 nitrogen and oxygen atoms in total. The Bertz CT molecular complexity index is 576. The second kappa shape index (κ2) is 7.17. The highest BCUT2D eigenvalue weighted by atomic mass is 16.5. The number of pyridine rings is 1. The lowest BCUT2D eigenvalue weighted by Gasteiger charge is -2.32. The van der Waals surface area contributed by atoms with Crippen molar-refractivity contribution in [1.82, 2.24) is 15.0 Å². The van der Waals surface area contributed by atoms with Crippen molar-refractivity contribution in [1.29, 1.82) is 0 Å². The Labute approximate surface area is 130 Å². The fourth-order valence-corrected chi connectivity index (χ4v) is 2.53. The van der Waals surface area contributed by atoms with E-state index in [9.17, 15) is 0 Å². The number of piperidine rings is 1. The zero-order chi connectivity index (χ0) is 15.2. The maximum Gasteiger partial charge on any atom is 0.225 e. The fraction of sp³-hybridized carbons (Fsp3) is 0.438. The summed E-state index contributed by atoms with van der Waals surface area (Å²) in [7, 11) is 1.61. The Kier molecular flexibility index (Phi) is 4.80. The van der Waals surface area contributed by atoms with Crippen molar-refractivity contribution in [3.63, 3.8) is 0 Å². The van der Waals surface area contributed by atoms with E-state index in [0.717, 1.165) is 37.4 Å². The molecule has 0 aromatic carbocycles. The normalized spacial score (nSPS) is 18.2. The van der Waals surface area contributed by atoms with E-state index in [0.29, 0.717) is 12.4 Å². The van der Waals surface area contributed by atoms with Crippen LogP contribution in [0.5, 0.6) is 5.75 Å². The molecule has 3 heterocycles. The van der Waals surface area contributed by atoms with Crippen LogP contribution in [0.3, 0.4) is 0 Å².